The van der Waals surface area contributed by atoms with E-state index < -0.39 is 0 Å². The fourth-order valence-electron chi connectivity index (χ4n) is 2.47. The minimum absolute atomic E-state index is 0.0239. The molecule has 2 rings (SSSR count). The van der Waals surface area contributed by atoms with Gasteiger partial charge in [-0.3, -0.25) is 4.79 Å². The van der Waals surface area contributed by atoms with Crippen molar-refractivity contribution in [2.75, 3.05) is 14.2 Å². The Kier molecular flexibility index (Phi) is 3.75. The van der Waals surface area contributed by atoms with Crippen LogP contribution in [0, 0.1) is 0 Å². The van der Waals surface area contributed by atoms with Crippen molar-refractivity contribution in [3.63, 3.8) is 0 Å². The largest absolute Gasteiger partial charge is 0.507 e. The summed E-state index contributed by atoms with van der Waals surface area (Å²) in [6.45, 7) is 0. The molecule has 1 saturated carbocycles. The van der Waals surface area contributed by atoms with E-state index in [1.165, 1.54) is 26.0 Å². The van der Waals surface area contributed by atoms with Crippen LogP contribution < -0.4 is 4.74 Å². The zero-order valence-corrected chi connectivity index (χ0v) is 10.8. The first kappa shape index (κ1) is 12.7. The maximum absolute atomic E-state index is 12.3. The first-order valence-corrected chi connectivity index (χ1v) is 6.27. The molecule has 1 fully saturated rings. The van der Waals surface area contributed by atoms with E-state index in [0.717, 1.165) is 12.8 Å². The van der Waals surface area contributed by atoms with E-state index >= 15 is 0 Å². The Labute approximate surface area is 107 Å². The molecule has 1 aromatic carbocycles. The summed E-state index contributed by atoms with van der Waals surface area (Å²) in [5.41, 5.74) is 0.338. The summed E-state index contributed by atoms with van der Waals surface area (Å²) in [6, 6.07) is 5.08. The summed E-state index contributed by atoms with van der Waals surface area (Å²) < 4.78 is 5.01. The highest BCUT2D eigenvalue weighted by atomic mass is 16.5. The average molecular weight is 249 g/mol. The van der Waals surface area contributed by atoms with Gasteiger partial charge in [0, 0.05) is 19.2 Å². The van der Waals surface area contributed by atoms with Crippen LogP contribution in [0.3, 0.4) is 0 Å². The third-order valence-corrected chi connectivity index (χ3v) is 3.63. The van der Waals surface area contributed by atoms with Gasteiger partial charge in [0.25, 0.3) is 5.91 Å². The predicted molar refractivity (Wildman–Crippen MR) is 69.0 cm³/mol. The van der Waals surface area contributed by atoms with Gasteiger partial charge in [0.05, 0.1) is 12.7 Å². The molecule has 4 heteroatoms. The average Bonchev–Trinajstić information content (AvgIpc) is 2.90. The second kappa shape index (κ2) is 5.29. The number of phenols is 1. The van der Waals surface area contributed by atoms with Gasteiger partial charge in [-0.2, -0.15) is 0 Å². The zero-order valence-electron chi connectivity index (χ0n) is 10.8. The van der Waals surface area contributed by atoms with Crippen molar-refractivity contribution in [1.29, 1.82) is 0 Å². The van der Waals surface area contributed by atoms with Gasteiger partial charge in [0.15, 0.2) is 0 Å². The van der Waals surface area contributed by atoms with Crippen molar-refractivity contribution in [1.82, 2.24) is 4.90 Å². The number of methoxy groups -OCH3 is 1. The molecule has 1 aliphatic carbocycles. The number of aromatic hydroxyl groups is 1. The van der Waals surface area contributed by atoms with Gasteiger partial charge in [-0.15, -0.1) is 0 Å². The smallest absolute Gasteiger partial charge is 0.257 e. The number of amides is 1. The molecular weight excluding hydrogens is 230 g/mol. The van der Waals surface area contributed by atoms with Crippen molar-refractivity contribution in [3.8, 4) is 11.5 Å². The van der Waals surface area contributed by atoms with Crippen LogP contribution in [0.1, 0.15) is 36.0 Å². The molecule has 0 spiro atoms. The topological polar surface area (TPSA) is 49.8 Å². The highest BCUT2D eigenvalue weighted by molar-refractivity contribution is 5.97. The van der Waals surface area contributed by atoms with Gasteiger partial charge in [0.2, 0.25) is 0 Å². The molecule has 1 aromatic rings. The fraction of sp³-hybridized carbons (Fsp3) is 0.500. The maximum Gasteiger partial charge on any atom is 0.257 e. The summed E-state index contributed by atoms with van der Waals surface area (Å²) in [4.78, 5) is 14.0. The van der Waals surface area contributed by atoms with Crippen LogP contribution >= 0.6 is 0 Å². The van der Waals surface area contributed by atoms with Crippen LogP contribution in [0.25, 0.3) is 0 Å². The van der Waals surface area contributed by atoms with E-state index in [-0.39, 0.29) is 11.7 Å². The molecular formula is C14H19NO3. The molecule has 18 heavy (non-hydrogen) atoms. The van der Waals surface area contributed by atoms with Crippen LogP contribution in [-0.2, 0) is 0 Å². The Morgan fingerprint density at radius 2 is 2.06 bits per heavy atom. The Morgan fingerprint density at radius 1 is 1.39 bits per heavy atom. The van der Waals surface area contributed by atoms with E-state index in [2.05, 4.69) is 0 Å². The van der Waals surface area contributed by atoms with Crippen molar-refractivity contribution in [2.24, 2.45) is 0 Å². The molecule has 0 radical (unpaired) electrons. The van der Waals surface area contributed by atoms with Gasteiger partial charge in [-0.25, -0.2) is 0 Å². The normalized spacial score (nSPS) is 15.7. The number of benzene rings is 1. The van der Waals surface area contributed by atoms with Crippen LogP contribution in [0.5, 0.6) is 11.5 Å². The van der Waals surface area contributed by atoms with E-state index in [1.807, 2.05) is 7.05 Å². The fourth-order valence-corrected chi connectivity index (χ4v) is 2.47. The SMILES string of the molecule is COc1ccc(C(=O)N(C)C2CCCC2)c(O)c1. The molecule has 1 aliphatic rings. The number of ether oxygens (including phenoxy) is 1. The highest BCUT2D eigenvalue weighted by Gasteiger charge is 2.25. The van der Waals surface area contributed by atoms with E-state index in [0.29, 0.717) is 17.4 Å². The van der Waals surface area contributed by atoms with Crippen LogP contribution in [-0.4, -0.2) is 36.1 Å². The zero-order chi connectivity index (χ0) is 13.1. The Bertz CT molecular complexity index is 439. The predicted octanol–water partition coefficient (Wildman–Crippen LogP) is 2.42. The van der Waals surface area contributed by atoms with Gasteiger partial charge in [-0.1, -0.05) is 12.8 Å². The number of hydrogen-bond donors (Lipinski definition) is 1. The van der Waals surface area contributed by atoms with Gasteiger partial charge in [-0.05, 0) is 25.0 Å². The van der Waals surface area contributed by atoms with Crippen molar-refractivity contribution < 1.29 is 14.6 Å². The number of nitrogens with zero attached hydrogens (tertiary/aromatic N) is 1. The first-order valence-electron chi connectivity index (χ1n) is 6.27. The maximum atomic E-state index is 12.3. The quantitative estimate of drug-likeness (QED) is 0.895. The van der Waals surface area contributed by atoms with Crippen molar-refractivity contribution in [2.45, 2.75) is 31.7 Å². The van der Waals surface area contributed by atoms with E-state index in [4.69, 9.17) is 4.74 Å². The summed E-state index contributed by atoms with van der Waals surface area (Å²) in [5, 5.41) is 9.86. The lowest BCUT2D eigenvalue weighted by atomic mass is 10.1. The molecule has 0 aliphatic heterocycles. The number of phenolic OH excluding ortho intramolecular Hbond substituents is 1. The minimum Gasteiger partial charge on any atom is -0.507 e. The molecule has 0 aromatic heterocycles. The number of rotatable bonds is 3. The summed E-state index contributed by atoms with van der Waals surface area (Å²) in [5.74, 6) is 0.402. The molecule has 0 heterocycles. The van der Waals surface area contributed by atoms with Crippen LogP contribution in [0.4, 0.5) is 0 Å². The molecule has 4 nitrogen and oxygen atoms in total. The first-order chi connectivity index (χ1) is 8.63. The molecule has 98 valence electrons. The van der Waals surface area contributed by atoms with Gasteiger partial charge < -0.3 is 14.7 Å². The standard InChI is InChI=1S/C14H19NO3/c1-15(10-5-3-4-6-10)14(17)12-8-7-11(18-2)9-13(12)16/h7-10,16H,3-6H2,1-2H3. The highest BCUT2D eigenvalue weighted by Crippen LogP contribution is 2.28. The second-order valence-corrected chi connectivity index (χ2v) is 4.74. The van der Waals surface area contributed by atoms with Crippen molar-refractivity contribution in [3.05, 3.63) is 23.8 Å². The van der Waals surface area contributed by atoms with Crippen molar-refractivity contribution >= 4 is 5.91 Å². The van der Waals surface area contributed by atoms with Gasteiger partial charge >= 0.3 is 0 Å². The number of carbonyl (C=O) groups excluding carboxylic acids is 1. The lowest BCUT2D eigenvalue weighted by molar-refractivity contribution is 0.0732. The Balaban J connectivity index is 2.17. The van der Waals surface area contributed by atoms with E-state index in [1.54, 1.807) is 17.0 Å². The van der Waals surface area contributed by atoms with Gasteiger partial charge in [0.1, 0.15) is 11.5 Å². The lowest BCUT2D eigenvalue weighted by Gasteiger charge is -2.24. The third kappa shape index (κ3) is 2.42. The minimum atomic E-state index is -0.123. The summed E-state index contributed by atoms with van der Waals surface area (Å²) in [6.07, 6.45) is 4.46. The van der Waals surface area contributed by atoms with E-state index in [9.17, 15) is 9.90 Å². The Hall–Kier alpha value is -1.71. The summed E-state index contributed by atoms with van der Waals surface area (Å²) in [7, 11) is 3.34. The number of hydrogen-bond acceptors (Lipinski definition) is 3. The summed E-state index contributed by atoms with van der Waals surface area (Å²) >= 11 is 0. The lowest BCUT2D eigenvalue weighted by Crippen LogP contribution is -2.35. The molecule has 0 unspecified atom stereocenters. The second-order valence-electron chi connectivity index (χ2n) is 4.74. The number of carbonyl (C=O) groups is 1. The van der Waals surface area contributed by atoms with Crippen LogP contribution in [0.15, 0.2) is 18.2 Å². The molecule has 0 bridgehead atoms. The molecule has 0 atom stereocenters. The molecule has 1 N–H and O–H groups in total. The van der Waals surface area contributed by atoms with Crippen LogP contribution in [0.2, 0.25) is 0 Å². The Morgan fingerprint density at radius 3 is 2.61 bits per heavy atom. The monoisotopic (exact) mass is 249 g/mol. The third-order valence-electron chi connectivity index (χ3n) is 3.63. The molecule has 0 saturated heterocycles. The molecule has 1 amide bonds.